The quantitative estimate of drug-likeness (QED) is 0.860. The molecule has 7 heteroatoms. The topological polar surface area (TPSA) is 83.0 Å². The van der Waals surface area contributed by atoms with Crippen LogP contribution in [0.1, 0.15) is 22.1 Å². The molecule has 0 aromatic carbocycles. The lowest BCUT2D eigenvalue weighted by Crippen LogP contribution is -2.15. The molecule has 0 saturated heterocycles. The van der Waals surface area contributed by atoms with Crippen LogP contribution < -0.4 is 5.73 Å². The van der Waals surface area contributed by atoms with Gasteiger partial charge in [0.25, 0.3) is 0 Å². The third kappa shape index (κ3) is 3.11. The van der Waals surface area contributed by atoms with Crippen molar-refractivity contribution in [2.24, 2.45) is 0 Å². The zero-order valence-corrected chi connectivity index (χ0v) is 12.0. The van der Waals surface area contributed by atoms with Crippen molar-refractivity contribution in [3.63, 3.8) is 0 Å². The van der Waals surface area contributed by atoms with Crippen molar-refractivity contribution in [1.82, 2.24) is 14.8 Å². The van der Waals surface area contributed by atoms with Gasteiger partial charge in [0.2, 0.25) is 0 Å². The zero-order chi connectivity index (χ0) is 14.0. The molecule has 102 valence electrons. The first-order valence-electron chi connectivity index (χ1n) is 5.83. The highest BCUT2D eigenvalue weighted by Crippen LogP contribution is 2.15. The summed E-state index contributed by atoms with van der Waals surface area (Å²) in [6.45, 7) is 5.80. The van der Waals surface area contributed by atoms with E-state index in [9.17, 15) is 4.79 Å². The van der Waals surface area contributed by atoms with Gasteiger partial charge in [-0.15, -0.1) is 11.3 Å². The fourth-order valence-corrected chi connectivity index (χ4v) is 2.33. The Kier molecular flexibility index (Phi) is 3.84. The first-order chi connectivity index (χ1) is 8.97. The van der Waals surface area contributed by atoms with Crippen LogP contribution in [0.15, 0.2) is 5.38 Å². The molecule has 0 aliphatic heterocycles. The van der Waals surface area contributed by atoms with Crippen molar-refractivity contribution in [2.45, 2.75) is 33.9 Å². The number of thiazole rings is 1. The molecule has 0 bridgehead atoms. The summed E-state index contributed by atoms with van der Waals surface area (Å²) in [5.74, 6) is -0.349. The summed E-state index contributed by atoms with van der Waals surface area (Å²) in [6.07, 6.45) is 0. The minimum absolute atomic E-state index is 0.0637. The Labute approximate surface area is 115 Å². The zero-order valence-electron chi connectivity index (χ0n) is 11.1. The van der Waals surface area contributed by atoms with Gasteiger partial charge in [-0.05, 0) is 20.8 Å². The predicted molar refractivity (Wildman–Crippen MR) is 72.8 cm³/mol. The molecule has 0 radical (unpaired) electrons. The average molecular weight is 280 g/mol. The molecule has 2 aromatic heterocycles. The van der Waals surface area contributed by atoms with Crippen LogP contribution in [0.25, 0.3) is 0 Å². The van der Waals surface area contributed by atoms with Gasteiger partial charge < -0.3 is 10.5 Å². The third-order valence-corrected chi connectivity index (χ3v) is 3.68. The van der Waals surface area contributed by atoms with E-state index in [2.05, 4.69) is 10.1 Å². The molecule has 2 heterocycles. The number of aryl methyl sites for hydroxylation is 2. The monoisotopic (exact) mass is 280 g/mol. The Bertz CT molecular complexity index is 603. The summed E-state index contributed by atoms with van der Waals surface area (Å²) < 4.78 is 6.71. The van der Waals surface area contributed by atoms with Gasteiger partial charge >= 0.3 is 5.97 Å². The maximum atomic E-state index is 11.7. The van der Waals surface area contributed by atoms with Crippen molar-refractivity contribution < 1.29 is 9.53 Å². The third-order valence-electron chi connectivity index (χ3n) is 2.74. The lowest BCUT2D eigenvalue weighted by Gasteiger charge is -2.04. The Morgan fingerprint density at radius 2 is 2.21 bits per heavy atom. The molecule has 0 unspecified atom stereocenters. The van der Waals surface area contributed by atoms with Crippen LogP contribution in [-0.4, -0.2) is 20.7 Å². The number of carbonyl (C=O) groups excluding carboxylic acids is 1. The van der Waals surface area contributed by atoms with Gasteiger partial charge in [0.15, 0.2) is 0 Å². The van der Waals surface area contributed by atoms with Crippen molar-refractivity contribution in [3.8, 4) is 0 Å². The molecular formula is C12H16N4O2S. The second-order valence-electron chi connectivity index (χ2n) is 4.29. The average Bonchev–Trinajstić information content (AvgIpc) is 2.88. The van der Waals surface area contributed by atoms with Crippen LogP contribution >= 0.6 is 11.3 Å². The van der Waals surface area contributed by atoms with Crippen LogP contribution in [-0.2, 0) is 22.7 Å². The van der Waals surface area contributed by atoms with E-state index in [-0.39, 0.29) is 19.1 Å². The molecule has 2 rings (SSSR count). The van der Waals surface area contributed by atoms with Gasteiger partial charge in [-0.1, -0.05) is 0 Å². The van der Waals surface area contributed by atoms with E-state index < -0.39 is 0 Å². The van der Waals surface area contributed by atoms with Gasteiger partial charge in [0.05, 0.1) is 17.1 Å². The highest BCUT2D eigenvalue weighted by molar-refractivity contribution is 7.09. The largest absolute Gasteiger partial charge is 0.457 e. The van der Waals surface area contributed by atoms with Crippen LogP contribution in [0.5, 0.6) is 0 Å². The van der Waals surface area contributed by atoms with E-state index in [1.54, 1.807) is 4.68 Å². The highest BCUT2D eigenvalue weighted by Gasteiger charge is 2.12. The maximum Gasteiger partial charge on any atom is 0.328 e. The number of carbonyl (C=O) groups is 1. The summed E-state index contributed by atoms with van der Waals surface area (Å²) in [5, 5.41) is 6.90. The van der Waals surface area contributed by atoms with Crippen LogP contribution in [0.2, 0.25) is 0 Å². The lowest BCUT2D eigenvalue weighted by atomic mass is 10.3. The summed E-state index contributed by atoms with van der Waals surface area (Å²) >= 11 is 1.48. The molecule has 0 spiro atoms. The first kappa shape index (κ1) is 13.5. The Balaban J connectivity index is 1.92. The molecular weight excluding hydrogens is 264 g/mol. The number of aromatic nitrogens is 3. The number of nitrogens with zero attached hydrogens (tertiary/aromatic N) is 3. The van der Waals surface area contributed by atoms with E-state index in [1.165, 1.54) is 11.3 Å². The predicted octanol–water partition coefficient (Wildman–Crippen LogP) is 1.59. The second kappa shape index (κ2) is 5.40. The molecule has 19 heavy (non-hydrogen) atoms. The molecule has 0 aliphatic rings. The van der Waals surface area contributed by atoms with Gasteiger partial charge in [-0.2, -0.15) is 5.10 Å². The second-order valence-corrected chi connectivity index (χ2v) is 5.23. The number of esters is 1. The van der Waals surface area contributed by atoms with Crippen molar-refractivity contribution in [1.29, 1.82) is 0 Å². The minimum atomic E-state index is -0.349. The standard InChI is InChI=1S/C12H16N4O2S/c1-7-6-19-10(14-7)5-18-11(17)4-16-9(3)12(13)8(2)15-16/h6H,4-5,13H2,1-3H3. The molecule has 2 N–H and O–H groups in total. The van der Waals surface area contributed by atoms with E-state index in [0.29, 0.717) is 5.69 Å². The Morgan fingerprint density at radius 1 is 1.47 bits per heavy atom. The van der Waals surface area contributed by atoms with Crippen LogP contribution in [0, 0.1) is 20.8 Å². The smallest absolute Gasteiger partial charge is 0.328 e. The van der Waals surface area contributed by atoms with Gasteiger partial charge in [-0.3, -0.25) is 9.48 Å². The molecule has 0 aliphatic carbocycles. The molecule has 6 nitrogen and oxygen atoms in total. The minimum Gasteiger partial charge on any atom is -0.457 e. The van der Waals surface area contributed by atoms with Crippen molar-refractivity contribution >= 4 is 23.0 Å². The molecule has 0 atom stereocenters. The van der Waals surface area contributed by atoms with E-state index in [1.807, 2.05) is 26.2 Å². The molecule has 0 saturated carbocycles. The number of ether oxygens (including phenoxy) is 1. The number of anilines is 1. The number of nitrogen functional groups attached to an aromatic ring is 1. The maximum absolute atomic E-state index is 11.7. The summed E-state index contributed by atoms with van der Waals surface area (Å²) in [7, 11) is 0. The fourth-order valence-electron chi connectivity index (χ4n) is 1.64. The highest BCUT2D eigenvalue weighted by atomic mass is 32.1. The van der Waals surface area contributed by atoms with Gasteiger partial charge in [-0.25, -0.2) is 4.98 Å². The van der Waals surface area contributed by atoms with Crippen LogP contribution in [0.3, 0.4) is 0 Å². The van der Waals surface area contributed by atoms with Crippen molar-refractivity contribution in [3.05, 3.63) is 27.5 Å². The van der Waals surface area contributed by atoms with E-state index in [0.717, 1.165) is 22.1 Å². The summed E-state index contributed by atoms with van der Waals surface area (Å²) in [4.78, 5) is 15.9. The van der Waals surface area contributed by atoms with Crippen LogP contribution in [0.4, 0.5) is 5.69 Å². The van der Waals surface area contributed by atoms with E-state index in [4.69, 9.17) is 10.5 Å². The summed E-state index contributed by atoms with van der Waals surface area (Å²) in [6, 6.07) is 0. The number of hydrogen-bond donors (Lipinski definition) is 1. The van der Waals surface area contributed by atoms with Crippen molar-refractivity contribution in [2.75, 3.05) is 5.73 Å². The normalized spacial score (nSPS) is 10.7. The number of rotatable bonds is 4. The lowest BCUT2D eigenvalue weighted by molar-refractivity contribution is -0.145. The molecule has 0 fully saturated rings. The number of nitrogens with two attached hydrogens (primary N) is 1. The fraction of sp³-hybridized carbons (Fsp3) is 0.417. The van der Waals surface area contributed by atoms with Gasteiger partial charge in [0.1, 0.15) is 18.2 Å². The van der Waals surface area contributed by atoms with Gasteiger partial charge in [0, 0.05) is 11.1 Å². The molecule has 0 amide bonds. The Morgan fingerprint density at radius 3 is 2.74 bits per heavy atom. The van der Waals surface area contributed by atoms with E-state index >= 15 is 0 Å². The summed E-state index contributed by atoms with van der Waals surface area (Å²) in [5.41, 5.74) is 8.85. The first-order valence-corrected chi connectivity index (χ1v) is 6.71. The number of hydrogen-bond acceptors (Lipinski definition) is 6. The Hall–Kier alpha value is -1.89. The molecule has 2 aromatic rings. The SMILES string of the molecule is Cc1csc(COC(=O)Cn2nc(C)c(N)c2C)n1.